The molecule has 2 rings (SSSR count). The molecule has 0 aliphatic heterocycles. The third-order valence-corrected chi connectivity index (χ3v) is 5.17. The van der Waals surface area contributed by atoms with E-state index in [9.17, 15) is 17.6 Å². The van der Waals surface area contributed by atoms with E-state index < -0.39 is 10.0 Å². The standard InChI is InChI=1S/C18H20FNO3S/c1-14(21)15-9-11-17(12-10-15)24(22,23)20-13-5-4-7-16-6-2-3-8-18(16)19/h2-3,6,8-12,20H,4-5,7,13H2,1H3. The lowest BCUT2D eigenvalue weighted by atomic mass is 10.1. The summed E-state index contributed by atoms with van der Waals surface area (Å²) in [4.78, 5) is 11.3. The maximum absolute atomic E-state index is 13.5. The maximum Gasteiger partial charge on any atom is 0.240 e. The van der Waals surface area contributed by atoms with Crippen molar-refractivity contribution in [2.45, 2.75) is 31.1 Å². The van der Waals surface area contributed by atoms with Gasteiger partial charge in [0.2, 0.25) is 10.0 Å². The third-order valence-electron chi connectivity index (χ3n) is 3.69. The van der Waals surface area contributed by atoms with Crippen molar-refractivity contribution in [1.29, 1.82) is 0 Å². The van der Waals surface area contributed by atoms with Crippen molar-refractivity contribution < 1.29 is 17.6 Å². The largest absolute Gasteiger partial charge is 0.295 e. The van der Waals surface area contributed by atoms with E-state index in [1.54, 1.807) is 18.2 Å². The van der Waals surface area contributed by atoms with Gasteiger partial charge < -0.3 is 0 Å². The molecule has 0 fully saturated rings. The van der Waals surface area contributed by atoms with E-state index >= 15 is 0 Å². The second-order valence-corrected chi connectivity index (χ2v) is 7.29. The highest BCUT2D eigenvalue weighted by Gasteiger charge is 2.13. The molecule has 0 amide bonds. The summed E-state index contributed by atoms with van der Waals surface area (Å²) in [7, 11) is -3.59. The fourth-order valence-electron chi connectivity index (χ4n) is 2.30. The minimum atomic E-state index is -3.59. The second-order valence-electron chi connectivity index (χ2n) is 5.53. The molecule has 0 radical (unpaired) electrons. The Balaban J connectivity index is 1.82. The van der Waals surface area contributed by atoms with Crippen molar-refractivity contribution in [2.75, 3.05) is 6.54 Å². The number of aryl methyl sites for hydroxylation is 1. The average Bonchev–Trinajstić information content (AvgIpc) is 2.56. The van der Waals surface area contributed by atoms with Crippen molar-refractivity contribution in [1.82, 2.24) is 4.72 Å². The summed E-state index contributed by atoms with van der Waals surface area (Å²) >= 11 is 0. The average molecular weight is 349 g/mol. The first-order chi connectivity index (χ1) is 11.4. The number of halogens is 1. The van der Waals surface area contributed by atoms with E-state index in [4.69, 9.17) is 0 Å². The van der Waals surface area contributed by atoms with Gasteiger partial charge in [0.15, 0.2) is 5.78 Å². The van der Waals surface area contributed by atoms with Crippen LogP contribution in [0.5, 0.6) is 0 Å². The van der Waals surface area contributed by atoms with Crippen LogP contribution in [-0.4, -0.2) is 20.7 Å². The van der Waals surface area contributed by atoms with Gasteiger partial charge in [-0.3, -0.25) is 4.79 Å². The van der Waals surface area contributed by atoms with Crippen LogP contribution in [0.3, 0.4) is 0 Å². The van der Waals surface area contributed by atoms with Crippen molar-refractivity contribution in [3.05, 3.63) is 65.5 Å². The van der Waals surface area contributed by atoms with E-state index in [2.05, 4.69) is 4.72 Å². The van der Waals surface area contributed by atoms with Gasteiger partial charge in [0.05, 0.1) is 4.90 Å². The van der Waals surface area contributed by atoms with Gasteiger partial charge in [0, 0.05) is 12.1 Å². The Labute approximate surface area is 141 Å². The lowest BCUT2D eigenvalue weighted by molar-refractivity contribution is 0.101. The van der Waals surface area contributed by atoms with Crippen molar-refractivity contribution in [3.63, 3.8) is 0 Å². The minimum absolute atomic E-state index is 0.111. The predicted octanol–water partition coefficient (Wildman–Crippen LogP) is 3.33. The van der Waals surface area contributed by atoms with Crippen LogP contribution in [0.25, 0.3) is 0 Å². The van der Waals surface area contributed by atoms with Gasteiger partial charge in [-0.1, -0.05) is 30.3 Å². The number of carbonyl (C=O) groups excluding carboxylic acids is 1. The van der Waals surface area contributed by atoms with Gasteiger partial charge in [-0.15, -0.1) is 0 Å². The molecule has 0 unspecified atom stereocenters. The lowest BCUT2D eigenvalue weighted by Gasteiger charge is -2.07. The van der Waals surface area contributed by atoms with E-state index in [1.165, 1.54) is 37.3 Å². The molecule has 0 atom stereocenters. The highest BCUT2D eigenvalue weighted by molar-refractivity contribution is 7.89. The Morgan fingerprint density at radius 3 is 2.33 bits per heavy atom. The topological polar surface area (TPSA) is 63.2 Å². The molecule has 0 aliphatic rings. The molecule has 0 bridgehead atoms. The molecule has 0 heterocycles. The van der Waals surface area contributed by atoms with Crippen LogP contribution in [-0.2, 0) is 16.4 Å². The Morgan fingerprint density at radius 1 is 1.04 bits per heavy atom. The summed E-state index contributed by atoms with van der Waals surface area (Å²) in [6.07, 6.45) is 1.87. The molecule has 128 valence electrons. The molecular formula is C18H20FNO3S. The summed E-state index contributed by atoms with van der Waals surface area (Å²) in [5.41, 5.74) is 1.11. The van der Waals surface area contributed by atoms with Gasteiger partial charge in [-0.25, -0.2) is 17.5 Å². The lowest BCUT2D eigenvalue weighted by Crippen LogP contribution is -2.24. The first-order valence-corrected chi connectivity index (χ1v) is 9.22. The summed E-state index contributed by atoms with van der Waals surface area (Å²) in [5.74, 6) is -0.344. The SMILES string of the molecule is CC(=O)c1ccc(S(=O)(=O)NCCCCc2ccccc2F)cc1. The molecule has 0 saturated carbocycles. The smallest absolute Gasteiger partial charge is 0.240 e. The van der Waals surface area contributed by atoms with Gasteiger partial charge in [0.25, 0.3) is 0 Å². The quantitative estimate of drug-likeness (QED) is 0.587. The summed E-state index contributed by atoms with van der Waals surface area (Å²) < 4.78 is 40.3. The number of rotatable bonds is 8. The monoisotopic (exact) mass is 349 g/mol. The molecular weight excluding hydrogens is 329 g/mol. The first-order valence-electron chi connectivity index (χ1n) is 7.74. The van der Waals surface area contributed by atoms with Crippen molar-refractivity contribution in [3.8, 4) is 0 Å². The van der Waals surface area contributed by atoms with Crippen molar-refractivity contribution >= 4 is 15.8 Å². The van der Waals surface area contributed by atoms with Crippen LogP contribution >= 0.6 is 0 Å². The number of benzene rings is 2. The zero-order valence-electron chi connectivity index (χ0n) is 13.5. The van der Waals surface area contributed by atoms with E-state index in [0.29, 0.717) is 30.4 Å². The van der Waals surface area contributed by atoms with E-state index in [1.807, 2.05) is 0 Å². The van der Waals surface area contributed by atoms with Crippen LogP contribution in [0, 0.1) is 5.82 Å². The van der Waals surface area contributed by atoms with Crippen LogP contribution in [0.15, 0.2) is 53.4 Å². The van der Waals surface area contributed by atoms with Crippen LogP contribution in [0.1, 0.15) is 35.7 Å². The highest BCUT2D eigenvalue weighted by atomic mass is 32.2. The zero-order chi connectivity index (χ0) is 17.6. The van der Waals surface area contributed by atoms with Crippen LogP contribution in [0.4, 0.5) is 4.39 Å². The number of sulfonamides is 1. The molecule has 1 N–H and O–H groups in total. The van der Waals surface area contributed by atoms with Gasteiger partial charge in [0.1, 0.15) is 5.82 Å². The molecule has 0 spiro atoms. The van der Waals surface area contributed by atoms with E-state index in [-0.39, 0.29) is 23.0 Å². The van der Waals surface area contributed by atoms with Gasteiger partial charge in [-0.05, 0) is 49.9 Å². The zero-order valence-corrected chi connectivity index (χ0v) is 14.3. The Hall–Kier alpha value is -2.05. The molecule has 4 nitrogen and oxygen atoms in total. The van der Waals surface area contributed by atoms with Crippen molar-refractivity contribution in [2.24, 2.45) is 0 Å². The summed E-state index contributed by atoms with van der Waals surface area (Å²) in [6.45, 7) is 1.71. The number of carbonyl (C=O) groups is 1. The van der Waals surface area contributed by atoms with Gasteiger partial charge in [-0.2, -0.15) is 0 Å². The van der Waals surface area contributed by atoms with Crippen LogP contribution < -0.4 is 4.72 Å². The molecule has 0 saturated heterocycles. The predicted molar refractivity (Wildman–Crippen MR) is 91.0 cm³/mol. The first kappa shape index (κ1) is 18.3. The number of unbranched alkanes of at least 4 members (excludes halogenated alkanes) is 1. The normalized spacial score (nSPS) is 11.4. The molecule has 6 heteroatoms. The number of nitrogens with one attached hydrogen (secondary N) is 1. The molecule has 0 aliphatic carbocycles. The van der Waals surface area contributed by atoms with E-state index in [0.717, 1.165) is 0 Å². The fourth-order valence-corrected chi connectivity index (χ4v) is 3.37. The fraction of sp³-hybridized carbons (Fsp3) is 0.278. The summed E-state index contributed by atoms with van der Waals surface area (Å²) in [5, 5.41) is 0. The number of ketones is 1. The van der Waals surface area contributed by atoms with Crippen LogP contribution in [0.2, 0.25) is 0 Å². The molecule has 2 aromatic carbocycles. The minimum Gasteiger partial charge on any atom is -0.295 e. The Bertz CT molecular complexity index is 801. The molecule has 24 heavy (non-hydrogen) atoms. The Morgan fingerprint density at radius 2 is 1.71 bits per heavy atom. The number of hydrogen-bond acceptors (Lipinski definition) is 3. The highest BCUT2D eigenvalue weighted by Crippen LogP contribution is 2.12. The Kier molecular flexibility index (Phi) is 6.23. The van der Waals surface area contributed by atoms with Gasteiger partial charge >= 0.3 is 0 Å². The second kappa shape index (κ2) is 8.17. The number of Topliss-reactive ketones (excluding diaryl/α,β-unsaturated/α-hetero) is 1. The molecule has 2 aromatic rings. The summed E-state index contributed by atoms with van der Waals surface area (Å²) in [6, 6.07) is 12.4. The maximum atomic E-state index is 13.5. The third kappa shape index (κ3) is 4.97. The molecule has 0 aromatic heterocycles. The number of hydrogen-bond donors (Lipinski definition) is 1.